The minimum absolute atomic E-state index is 0.0642. The van der Waals surface area contributed by atoms with Gasteiger partial charge in [0.2, 0.25) is 0 Å². The quantitative estimate of drug-likeness (QED) is 0.862. The van der Waals surface area contributed by atoms with Crippen molar-refractivity contribution < 1.29 is 28.2 Å². The Labute approximate surface area is 139 Å². The maximum absolute atomic E-state index is 12.4. The minimum Gasteiger partial charge on any atom is -0.481 e. The molecule has 0 heterocycles. The average Bonchev–Trinajstić information content (AvgIpc) is 2.51. The molecule has 1 aromatic rings. The lowest BCUT2D eigenvalue weighted by molar-refractivity contribution is -0.142. The zero-order valence-electron chi connectivity index (χ0n) is 13.6. The number of aliphatic carboxylic acids is 1. The summed E-state index contributed by atoms with van der Waals surface area (Å²) in [5.41, 5.74) is 1.32. The van der Waals surface area contributed by atoms with E-state index >= 15 is 0 Å². The average molecular weight is 341 g/mol. The van der Waals surface area contributed by atoms with Crippen molar-refractivity contribution in [1.82, 2.24) is 5.32 Å². The van der Waals surface area contributed by atoms with Crippen molar-refractivity contribution in [3.63, 3.8) is 0 Å². The SMILES string of the molecule is Cc1cc(C(=O)NC2CCC(C(=O)O)CC2)cc(C)c1OC(F)F. The van der Waals surface area contributed by atoms with Crippen LogP contribution < -0.4 is 10.1 Å². The van der Waals surface area contributed by atoms with Gasteiger partial charge < -0.3 is 15.2 Å². The second-order valence-electron chi connectivity index (χ2n) is 6.18. The van der Waals surface area contributed by atoms with Gasteiger partial charge in [-0.1, -0.05) is 0 Å². The Morgan fingerprint density at radius 1 is 1.17 bits per heavy atom. The Balaban J connectivity index is 2.02. The number of carbonyl (C=O) groups is 2. The van der Waals surface area contributed by atoms with E-state index in [-0.39, 0.29) is 23.6 Å². The number of carboxylic acid groups (broad SMARTS) is 1. The van der Waals surface area contributed by atoms with E-state index in [2.05, 4.69) is 10.1 Å². The van der Waals surface area contributed by atoms with Crippen LogP contribution in [0.15, 0.2) is 12.1 Å². The molecule has 1 aliphatic rings. The fourth-order valence-corrected chi connectivity index (χ4v) is 3.11. The van der Waals surface area contributed by atoms with Crippen molar-refractivity contribution >= 4 is 11.9 Å². The second kappa shape index (κ2) is 7.59. The molecule has 0 saturated heterocycles. The molecule has 1 aliphatic carbocycles. The lowest BCUT2D eigenvalue weighted by Crippen LogP contribution is -2.38. The Hall–Kier alpha value is -2.18. The molecule has 0 unspecified atom stereocenters. The van der Waals surface area contributed by atoms with Crippen molar-refractivity contribution in [3.05, 3.63) is 28.8 Å². The Kier molecular flexibility index (Phi) is 5.75. The van der Waals surface area contributed by atoms with E-state index in [4.69, 9.17) is 5.11 Å². The zero-order chi connectivity index (χ0) is 17.9. The molecule has 0 radical (unpaired) electrons. The molecule has 2 rings (SSSR count). The summed E-state index contributed by atoms with van der Waals surface area (Å²) in [6.45, 7) is 0.311. The number of hydrogen-bond donors (Lipinski definition) is 2. The molecule has 1 amide bonds. The van der Waals surface area contributed by atoms with Crippen LogP contribution in [0.5, 0.6) is 5.75 Å². The van der Waals surface area contributed by atoms with E-state index in [1.165, 1.54) is 12.1 Å². The van der Waals surface area contributed by atoms with Gasteiger partial charge in [-0.05, 0) is 62.8 Å². The van der Waals surface area contributed by atoms with Crippen LogP contribution in [0.1, 0.15) is 47.2 Å². The van der Waals surface area contributed by atoms with E-state index in [1.54, 1.807) is 13.8 Å². The number of aryl methyl sites for hydroxylation is 2. The molecule has 132 valence electrons. The Bertz CT molecular complexity index is 602. The molecule has 2 N–H and O–H groups in total. The van der Waals surface area contributed by atoms with Crippen LogP contribution >= 0.6 is 0 Å². The summed E-state index contributed by atoms with van der Waals surface area (Å²) in [6.07, 6.45) is 2.32. The zero-order valence-corrected chi connectivity index (χ0v) is 13.6. The normalized spacial score (nSPS) is 20.7. The first-order chi connectivity index (χ1) is 11.3. The molecule has 1 aromatic carbocycles. The lowest BCUT2D eigenvalue weighted by Gasteiger charge is -2.27. The summed E-state index contributed by atoms with van der Waals surface area (Å²) in [5, 5.41) is 11.9. The molecule has 0 spiro atoms. The smallest absolute Gasteiger partial charge is 0.387 e. The molecular weight excluding hydrogens is 320 g/mol. The maximum Gasteiger partial charge on any atom is 0.387 e. The molecule has 0 atom stereocenters. The highest BCUT2D eigenvalue weighted by molar-refractivity contribution is 5.95. The Morgan fingerprint density at radius 2 is 1.71 bits per heavy atom. The van der Waals surface area contributed by atoms with Gasteiger partial charge in [0.15, 0.2) is 0 Å². The highest BCUT2D eigenvalue weighted by Crippen LogP contribution is 2.27. The molecule has 5 nitrogen and oxygen atoms in total. The van der Waals surface area contributed by atoms with Crippen molar-refractivity contribution in [1.29, 1.82) is 0 Å². The number of halogens is 2. The first-order valence-corrected chi connectivity index (χ1v) is 7.87. The van der Waals surface area contributed by atoms with Gasteiger partial charge in [0.1, 0.15) is 5.75 Å². The molecule has 24 heavy (non-hydrogen) atoms. The van der Waals surface area contributed by atoms with E-state index in [0.29, 0.717) is 42.4 Å². The number of ether oxygens (including phenoxy) is 1. The molecule has 7 heteroatoms. The van der Waals surface area contributed by atoms with Crippen LogP contribution in [0.4, 0.5) is 8.78 Å². The van der Waals surface area contributed by atoms with Gasteiger partial charge in [0.05, 0.1) is 5.92 Å². The fourth-order valence-electron chi connectivity index (χ4n) is 3.11. The molecule has 0 aromatic heterocycles. The van der Waals surface area contributed by atoms with E-state index in [1.807, 2.05) is 0 Å². The number of carbonyl (C=O) groups excluding carboxylic acids is 1. The van der Waals surface area contributed by atoms with Gasteiger partial charge in [0.25, 0.3) is 5.91 Å². The van der Waals surface area contributed by atoms with Crippen LogP contribution in [0.3, 0.4) is 0 Å². The van der Waals surface area contributed by atoms with Gasteiger partial charge in [-0.25, -0.2) is 0 Å². The maximum atomic E-state index is 12.4. The van der Waals surface area contributed by atoms with Crippen LogP contribution in [0.25, 0.3) is 0 Å². The number of hydrogen-bond acceptors (Lipinski definition) is 3. The Morgan fingerprint density at radius 3 is 2.17 bits per heavy atom. The van der Waals surface area contributed by atoms with Crippen molar-refractivity contribution in [2.24, 2.45) is 5.92 Å². The summed E-state index contributed by atoms with van der Waals surface area (Å²) in [5.74, 6) is -1.33. The van der Waals surface area contributed by atoms with Gasteiger partial charge in [0, 0.05) is 11.6 Å². The largest absolute Gasteiger partial charge is 0.481 e. The van der Waals surface area contributed by atoms with Gasteiger partial charge in [-0.3, -0.25) is 9.59 Å². The first kappa shape index (κ1) is 18.2. The molecule has 1 fully saturated rings. The topological polar surface area (TPSA) is 75.6 Å². The standard InChI is InChI=1S/C17H21F2NO4/c1-9-7-12(8-10(2)14(9)24-17(18)19)15(21)20-13-5-3-11(4-6-13)16(22)23/h7-8,11,13,17H,3-6H2,1-2H3,(H,20,21)(H,22,23). The molecule has 1 saturated carbocycles. The number of alkyl halides is 2. The highest BCUT2D eigenvalue weighted by atomic mass is 19.3. The number of benzene rings is 1. The summed E-state index contributed by atoms with van der Waals surface area (Å²) >= 11 is 0. The minimum atomic E-state index is -2.91. The third-order valence-corrected chi connectivity index (χ3v) is 4.34. The second-order valence-corrected chi connectivity index (χ2v) is 6.18. The fraction of sp³-hybridized carbons (Fsp3) is 0.529. The predicted molar refractivity (Wildman–Crippen MR) is 83.4 cm³/mol. The van der Waals surface area contributed by atoms with E-state index in [0.717, 1.165) is 0 Å². The number of carboxylic acids is 1. The van der Waals surface area contributed by atoms with Gasteiger partial charge >= 0.3 is 12.6 Å². The third kappa shape index (κ3) is 4.43. The van der Waals surface area contributed by atoms with Crippen LogP contribution in [0.2, 0.25) is 0 Å². The molecule has 0 aliphatic heterocycles. The lowest BCUT2D eigenvalue weighted by atomic mass is 9.86. The van der Waals surface area contributed by atoms with Crippen molar-refractivity contribution in [3.8, 4) is 5.75 Å². The third-order valence-electron chi connectivity index (χ3n) is 4.34. The monoisotopic (exact) mass is 341 g/mol. The summed E-state index contributed by atoms with van der Waals surface area (Å²) in [4.78, 5) is 23.3. The van der Waals surface area contributed by atoms with E-state index < -0.39 is 12.6 Å². The number of amides is 1. The van der Waals surface area contributed by atoms with Crippen LogP contribution in [-0.2, 0) is 4.79 Å². The summed E-state index contributed by atoms with van der Waals surface area (Å²) in [6, 6.07) is 2.97. The van der Waals surface area contributed by atoms with Crippen LogP contribution in [0, 0.1) is 19.8 Å². The van der Waals surface area contributed by atoms with E-state index in [9.17, 15) is 18.4 Å². The van der Waals surface area contributed by atoms with Crippen molar-refractivity contribution in [2.45, 2.75) is 52.2 Å². The van der Waals surface area contributed by atoms with Gasteiger partial charge in [-0.2, -0.15) is 8.78 Å². The van der Waals surface area contributed by atoms with Crippen LogP contribution in [-0.4, -0.2) is 29.6 Å². The predicted octanol–water partition coefficient (Wildman–Crippen LogP) is 3.28. The molecule has 0 bridgehead atoms. The number of nitrogens with one attached hydrogen (secondary N) is 1. The summed E-state index contributed by atoms with van der Waals surface area (Å²) < 4.78 is 29.3. The van der Waals surface area contributed by atoms with Crippen molar-refractivity contribution in [2.75, 3.05) is 0 Å². The first-order valence-electron chi connectivity index (χ1n) is 7.87. The highest BCUT2D eigenvalue weighted by Gasteiger charge is 2.27. The van der Waals surface area contributed by atoms with Gasteiger partial charge in [-0.15, -0.1) is 0 Å². The summed E-state index contributed by atoms with van der Waals surface area (Å²) in [7, 11) is 0. The molecular formula is C17H21F2NO4. The number of rotatable bonds is 5.